The summed E-state index contributed by atoms with van der Waals surface area (Å²) in [5.74, 6) is -1.45. The Morgan fingerprint density at radius 1 is 1.90 bits per heavy atom. The lowest BCUT2D eigenvalue weighted by atomic mass is 10.2. The highest BCUT2D eigenvalue weighted by Crippen LogP contribution is 1.98. The van der Waals surface area contributed by atoms with Crippen LogP contribution in [0.3, 0.4) is 0 Å². The quantitative estimate of drug-likeness (QED) is 0.434. The molecule has 0 aromatic rings. The molecule has 0 saturated carbocycles. The van der Waals surface area contributed by atoms with E-state index < -0.39 is 16.9 Å². The summed E-state index contributed by atoms with van der Waals surface area (Å²) in [6, 6.07) is -1.58. The van der Waals surface area contributed by atoms with E-state index >= 15 is 0 Å². The molecule has 58 valence electrons. The fourth-order valence-electron chi connectivity index (χ4n) is 0.453. The Morgan fingerprint density at radius 2 is 2.40 bits per heavy atom. The summed E-state index contributed by atoms with van der Waals surface area (Å²) in [6.45, 7) is 1.39. The van der Waals surface area contributed by atoms with E-state index in [1.54, 1.807) is 0 Å². The van der Waals surface area contributed by atoms with E-state index in [0.717, 1.165) is 0 Å². The van der Waals surface area contributed by atoms with Crippen LogP contribution in [0, 0.1) is 10.1 Å². The van der Waals surface area contributed by atoms with Crippen LogP contribution < -0.4 is 0 Å². The number of hydrogen-bond donors (Lipinski definition) is 0. The molecule has 0 aromatic carbocycles. The zero-order valence-corrected chi connectivity index (χ0v) is 5.24. The van der Waals surface area contributed by atoms with E-state index in [2.05, 4.69) is 4.94 Å². The highest BCUT2D eigenvalue weighted by molar-refractivity contribution is 5.73. The van der Waals surface area contributed by atoms with Crippen LogP contribution in [0.25, 0.3) is 0 Å². The molecular weight excluding hydrogens is 145 g/mol. The SMILES string of the molecule is CCC(C(=O)OF)[N+](=O)[O-]. The fraction of sp³-hybridized carbons (Fsp3) is 0.750. The molecule has 0 rings (SSSR count). The molecule has 10 heavy (non-hydrogen) atoms. The number of nitro groups is 1. The monoisotopic (exact) mass is 151 g/mol. The van der Waals surface area contributed by atoms with Crippen LogP contribution in [0.2, 0.25) is 0 Å². The Hall–Kier alpha value is -1.20. The van der Waals surface area contributed by atoms with Crippen molar-refractivity contribution < 1.29 is 19.2 Å². The van der Waals surface area contributed by atoms with Crippen LogP contribution in [0.1, 0.15) is 13.3 Å². The molecular formula is C4H6FNO4. The molecule has 0 spiro atoms. The molecule has 0 aromatic heterocycles. The second-order valence-electron chi connectivity index (χ2n) is 1.61. The number of carbonyl (C=O) groups excluding carboxylic acids is 1. The molecule has 1 atom stereocenters. The summed E-state index contributed by atoms with van der Waals surface area (Å²) in [5, 5.41) is 9.87. The molecule has 0 radical (unpaired) electrons. The Morgan fingerprint density at radius 3 is 2.50 bits per heavy atom. The molecule has 0 amide bonds. The third kappa shape index (κ3) is 1.96. The number of rotatable bonds is 3. The van der Waals surface area contributed by atoms with Crippen molar-refractivity contribution in [1.82, 2.24) is 0 Å². The lowest BCUT2D eigenvalue weighted by Gasteiger charge is -1.99. The van der Waals surface area contributed by atoms with Crippen LogP contribution in [0.15, 0.2) is 0 Å². The van der Waals surface area contributed by atoms with Crippen LogP contribution in [0.4, 0.5) is 4.53 Å². The van der Waals surface area contributed by atoms with Gasteiger partial charge in [-0.2, -0.15) is 0 Å². The van der Waals surface area contributed by atoms with Crippen molar-refractivity contribution in [2.45, 2.75) is 19.4 Å². The van der Waals surface area contributed by atoms with Crippen LogP contribution in [-0.2, 0) is 9.74 Å². The zero-order valence-electron chi connectivity index (χ0n) is 5.24. The van der Waals surface area contributed by atoms with Crippen molar-refractivity contribution in [2.75, 3.05) is 0 Å². The normalized spacial score (nSPS) is 12.2. The first kappa shape index (κ1) is 8.80. The molecule has 0 aliphatic carbocycles. The predicted octanol–water partition coefficient (Wildman–Crippen LogP) is 0.469. The van der Waals surface area contributed by atoms with Crippen molar-refractivity contribution >= 4 is 5.97 Å². The van der Waals surface area contributed by atoms with Crippen molar-refractivity contribution in [2.24, 2.45) is 0 Å². The molecule has 0 fully saturated rings. The van der Waals surface area contributed by atoms with Crippen LogP contribution in [-0.4, -0.2) is 16.9 Å². The molecule has 0 bridgehead atoms. The summed E-state index contributed by atoms with van der Waals surface area (Å²) in [7, 11) is 0. The highest BCUT2D eigenvalue weighted by Gasteiger charge is 2.29. The minimum Gasteiger partial charge on any atom is -0.264 e. The van der Waals surface area contributed by atoms with Crippen molar-refractivity contribution in [3.8, 4) is 0 Å². The van der Waals surface area contributed by atoms with Crippen molar-refractivity contribution in [3.05, 3.63) is 10.1 Å². The van der Waals surface area contributed by atoms with Crippen molar-refractivity contribution in [1.29, 1.82) is 0 Å². The zero-order chi connectivity index (χ0) is 8.15. The van der Waals surface area contributed by atoms with Gasteiger partial charge in [-0.1, -0.05) is 6.92 Å². The topological polar surface area (TPSA) is 69.4 Å². The van der Waals surface area contributed by atoms with Gasteiger partial charge in [0, 0.05) is 15.9 Å². The predicted molar refractivity (Wildman–Crippen MR) is 28.3 cm³/mol. The van der Waals surface area contributed by atoms with E-state index in [-0.39, 0.29) is 6.42 Å². The van der Waals surface area contributed by atoms with Crippen LogP contribution >= 0.6 is 0 Å². The third-order valence-corrected chi connectivity index (χ3v) is 0.989. The maximum atomic E-state index is 11.0. The standard InChI is InChI=1S/C4H6FNO4/c1-2-3(6(8)9)4(7)10-5/h3H,2H2,1H3. The van der Waals surface area contributed by atoms with Gasteiger partial charge in [0.1, 0.15) is 0 Å². The first-order valence-electron chi connectivity index (χ1n) is 2.59. The molecule has 1 unspecified atom stereocenters. The summed E-state index contributed by atoms with van der Waals surface area (Å²) in [4.78, 5) is 21.8. The van der Waals surface area contributed by atoms with Gasteiger partial charge in [0.05, 0.1) is 0 Å². The average molecular weight is 151 g/mol. The summed E-state index contributed by atoms with van der Waals surface area (Å²) in [6.07, 6.45) is -0.0737. The average Bonchev–Trinajstić information content (AvgIpc) is 1.88. The largest absolute Gasteiger partial charge is 0.421 e. The minimum atomic E-state index is -1.58. The lowest BCUT2D eigenvalue weighted by Crippen LogP contribution is -2.28. The molecule has 5 nitrogen and oxygen atoms in total. The maximum Gasteiger partial charge on any atom is 0.421 e. The van der Waals surface area contributed by atoms with Gasteiger partial charge in [0.15, 0.2) is 0 Å². The van der Waals surface area contributed by atoms with Crippen molar-refractivity contribution in [3.63, 3.8) is 0 Å². The molecule has 0 saturated heterocycles. The van der Waals surface area contributed by atoms with E-state index in [9.17, 15) is 19.4 Å². The summed E-state index contributed by atoms with van der Waals surface area (Å²) < 4.78 is 11.0. The van der Waals surface area contributed by atoms with Gasteiger partial charge in [-0.15, -0.1) is 0 Å². The van der Waals surface area contributed by atoms with E-state index in [1.165, 1.54) is 6.92 Å². The van der Waals surface area contributed by atoms with Gasteiger partial charge < -0.3 is 0 Å². The van der Waals surface area contributed by atoms with Gasteiger partial charge in [0.25, 0.3) is 0 Å². The molecule has 0 heterocycles. The molecule has 0 N–H and O–H groups in total. The van der Waals surface area contributed by atoms with Gasteiger partial charge in [-0.3, -0.25) is 10.1 Å². The van der Waals surface area contributed by atoms with Gasteiger partial charge >= 0.3 is 12.0 Å². The second kappa shape index (κ2) is 3.76. The highest BCUT2D eigenvalue weighted by atomic mass is 19.3. The van der Waals surface area contributed by atoms with E-state index in [4.69, 9.17) is 0 Å². The van der Waals surface area contributed by atoms with Gasteiger partial charge in [-0.05, 0) is 0 Å². The van der Waals surface area contributed by atoms with E-state index in [1.807, 2.05) is 0 Å². The molecule has 6 heteroatoms. The first-order chi connectivity index (χ1) is 4.63. The third-order valence-electron chi connectivity index (χ3n) is 0.989. The van der Waals surface area contributed by atoms with Gasteiger partial charge in [-0.25, -0.2) is 9.74 Å². The summed E-state index contributed by atoms with van der Waals surface area (Å²) in [5.41, 5.74) is 0. The fourth-order valence-corrected chi connectivity index (χ4v) is 0.453. The van der Waals surface area contributed by atoms with Crippen LogP contribution in [0.5, 0.6) is 0 Å². The van der Waals surface area contributed by atoms with Gasteiger partial charge in [0.2, 0.25) is 0 Å². The number of halogens is 1. The molecule has 0 aliphatic rings. The number of nitrogens with zero attached hydrogens (tertiary/aromatic N) is 1. The molecule has 0 aliphatic heterocycles. The Balaban J connectivity index is 4.06. The maximum absolute atomic E-state index is 11.0. The smallest absolute Gasteiger partial charge is 0.264 e. The Bertz CT molecular complexity index is 148. The first-order valence-corrected chi connectivity index (χ1v) is 2.59. The minimum absolute atomic E-state index is 0.0737. The second-order valence-corrected chi connectivity index (χ2v) is 1.61. The summed E-state index contributed by atoms with van der Waals surface area (Å²) >= 11 is 0. The lowest BCUT2D eigenvalue weighted by molar-refractivity contribution is -0.512. The van der Waals surface area contributed by atoms with E-state index in [0.29, 0.717) is 0 Å². The Labute approximate surface area is 55.8 Å². The number of carbonyl (C=O) groups is 1. The Kier molecular flexibility index (Phi) is 3.30. The number of hydrogen-bond acceptors (Lipinski definition) is 4.